The summed E-state index contributed by atoms with van der Waals surface area (Å²) in [5.74, 6) is 0.537. The number of H-pyrrole nitrogens is 1. The van der Waals surface area contributed by atoms with E-state index in [0.717, 1.165) is 22.4 Å². The van der Waals surface area contributed by atoms with Gasteiger partial charge in [0.25, 0.3) is 0 Å². The molecule has 0 unspecified atom stereocenters. The minimum atomic E-state index is 0.537. The van der Waals surface area contributed by atoms with Gasteiger partial charge in [0.2, 0.25) is 0 Å². The van der Waals surface area contributed by atoms with Gasteiger partial charge in [-0.2, -0.15) is 5.10 Å². The predicted octanol–water partition coefficient (Wildman–Crippen LogP) is 3.94. The molecule has 20 heavy (non-hydrogen) atoms. The lowest BCUT2D eigenvalue weighted by atomic mass is 9.97. The summed E-state index contributed by atoms with van der Waals surface area (Å²) in [5, 5.41) is 7.25. The Hall–Kier alpha value is -2.55. The van der Waals surface area contributed by atoms with Gasteiger partial charge in [0.05, 0.1) is 11.3 Å². The summed E-state index contributed by atoms with van der Waals surface area (Å²) >= 11 is 0. The standard InChI is InChI=1S/C17H17N3/c1-11-7-9-13(10-8-11)16-15(17(18)20-19-16)14-6-4-3-5-12(14)2/h3-10H,1-2H3,(H3,18,19,20). The Morgan fingerprint density at radius 2 is 1.65 bits per heavy atom. The van der Waals surface area contributed by atoms with Crippen molar-refractivity contribution >= 4 is 5.82 Å². The van der Waals surface area contributed by atoms with Gasteiger partial charge in [0.15, 0.2) is 5.82 Å². The molecule has 0 aliphatic carbocycles. The molecule has 0 radical (unpaired) electrons. The second-order valence-corrected chi connectivity index (χ2v) is 5.04. The molecule has 1 aromatic heterocycles. The maximum absolute atomic E-state index is 6.07. The first-order valence-electron chi connectivity index (χ1n) is 6.63. The van der Waals surface area contributed by atoms with Crippen LogP contribution in [-0.2, 0) is 0 Å². The van der Waals surface area contributed by atoms with Crippen LogP contribution in [0.25, 0.3) is 22.4 Å². The SMILES string of the molecule is Cc1ccc(-c2[nH]nc(N)c2-c2ccccc2C)cc1. The molecular weight excluding hydrogens is 246 g/mol. The molecule has 0 fully saturated rings. The Morgan fingerprint density at radius 3 is 2.35 bits per heavy atom. The van der Waals surface area contributed by atoms with Gasteiger partial charge in [-0.15, -0.1) is 0 Å². The Kier molecular flexibility index (Phi) is 3.03. The highest BCUT2D eigenvalue weighted by molar-refractivity contribution is 5.89. The van der Waals surface area contributed by atoms with Gasteiger partial charge in [-0.3, -0.25) is 5.10 Å². The third-order valence-electron chi connectivity index (χ3n) is 3.55. The zero-order valence-electron chi connectivity index (χ0n) is 11.6. The minimum absolute atomic E-state index is 0.537. The normalized spacial score (nSPS) is 10.7. The van der Waals surface area contributed by atoms with E-state index >= 15 is 0 Å². The Labute approximate surface area is 118 Å². The Bertz CT molecular complexity index is 739. The first kappa shape index (κ1) is 12.5. The molecule has 3 N–H and O–H groups in total. The van der Waals surface area contributed by atoms with Crippen molar-refractivity contribution in [3.05, 3.63) is 59.7 Å². The number of anilines is 1. The number of nitrogens with one attached hydrogen (secondary N) is 1. The molecule has 3 aromatic rings. The Balaban J connectivity index is 2.20. The molecule has 0 spiro atoms. The van der Waals surface area contributed by atoms with Crippen LogP contribution in [0, 0.1) is 13.8 Å². The van der Waals surface area contributed by atoms with Crippen LogP contribution in [0.4, 0.5) is 5.82 Å². The highest BCUT2D eigenvalue weighted by Crippen LogP contribution is 2.36. The van der Waals surface area contributed by atoms with Crippen molar-refractivity contribution in [3.8, 4) is 22.4 Å². The molecule has 100 valence electrons. The first-order valence-corrected chi connectivity index (χ1v) is 6.63. The van der Waals surface area contributed by atoms with E-state index < -0.39 is 0 Å². The zero-order valence-corrected chi connectivity index (χ0v) is 11.6. The lowest BCUT2D eigenvalue weighted by Gasteiger charge is -2.08. The van der Waals surface area contributed by atoms with Gasteiger partial charge in [0, 0.05) is 5.56 Å². The van der Waals surface area contributed by atoms with E-state index in [4.69, 9.17) is 5.73 Å². The van der Waals surface area contributed by atoms with Gasteiger partial charge in [-0.05, 0) is 25.0 Å². The number of rotatable bonds is 2. The van der Waals surface area contributed by atoms with Crippen molar-refractivity contribution < 1.29 is 0 Å². The van der Waals surface area contributed by atoms with E-state index in [2.05, 4.69) is 60.4 Å². The molecule has 0 aliphatic rings. The minimum Gasteiger partial charge on any atom is -0.382 e. The third kappa shape index (κ3) is 2.07. The van der Waals surface area contributed by atoms with Crippen molar-refractivity contribution in [1.29, 1.82) is 0 Å². The van der Waals surface area contributed by atoms with Crippen molar-refractivity contribution in [3.63, 3.8) is 0 Å². The van der Waals surface area contributed by atoms with E-state index in [1.54, 1.807) is 0 Å². The van der Waals surface area contributed by atoms with Gasteiger partial charge in [0.1, 0.15) is 0 Å². The summed E-state index contributed by atoms with van der Waals surface area (Å²) in [6.45, 7) is 4.16. The fourth-order valence-electron chi connectivity index (χ4n) is 2.41. The number of aromatic amines is 1. The predicted molar refractivity (Wildman–Crippen MR) is 83.3 cm³/mol. The fourth-order valence-corrected chi connectivity index (χ4v) is 2.41. The smallest absolute Gasteiger partial charge is 0.153 e. The molecule has 0 saturated carbocycles. The van der Waals surface area contributed by atoms with Crippen LogP contribution >= 0.6 is 0 Å². The Morgan fingerprint density at radius 1 is 0.950 bits per heavy atom. The maximum Gasteiger partial charge on any atom is 0.153 e. The average molecular weight is 263 g/mol. The van der Waals surface area contributed by atoms with Crippen LogP contribution in [-0.4, -0.2) is 10.2 Å². The second-order valence-electron chi connectivity index (χ2n) is 5.04. The molecule has 0 saturated heterocycles. The summed E-state index contributed by atoms with van der Waals surface area (Å²) in [5.41, 5.74) is 12.7. The molecule has 3 nitrogen and oxygen atoms in total. The van der Waals surface area contributed by atoms with E-state index in [9.17, 15) is 0 Å². The summed E-state index contributed by atoms with van der Waals surface area (Å²) in [4.78, 5) is 0. The number of nitrogens with zero attached hydrogens (tertiary/aromatic N) is 1. The van der Waals surface area contributed by atoms with Gasteiger partial charge in [-0.25, -0.2) is 0 Å². The summed E-state index contributed by atoms with van der Waals surface area (Å²) in [7, 11) is 0. The maximum atomic E-state index is 6.07. The van der Waals surface area contributed by atoms with Crippen LogP contribution in [0.3, 0.4) is 0 Å². The quantitative estimate of drug-likeness (QED) is 0.735. The van der Waals surface area contributed by atoms with Crippen LogP contribution in [0.1, 0.15) is 11.1 Å². The molecule has 0 amide bonds. The van der Waals surface area contributed by atoms with Crippen LogP contribution in [0.15, 0.2) is 48.5 Å². The monoisotopic (exact) mass is 263 g/mol. The first-order chi connectivity index (χ1) is 9.66. The lowest BCUT2D eigenvalue weighted by Crippen LogP contribution is -1.91. The second kappa shape index (κ2) is 4.85. The highest BCUT2D eigenvalue weighted by atomic mass is 15.2. The number of aromatic nitrogens is 2. The van der Waals surface area contributed by atoms with Crippen molar-refractivity contribution in [2.24, 2.45) is 0 Å². The number of nitrogen functional groups attached to an aromatic ring is 1. The van der Waals surface area contributed by atoms with Crippen molar-refractivity contribution in [2.75, 3.05) is 5.73 Å². The zero-order chi connectivity index (χ0) is 14.1. The summed E-state index contributed by atoms with van der Waals surface area (Å²) < 4.78 is 0. The number of benzene rings is 2. The number of hydrogen-bond donors (Lipinski definition) is 2. The van der Waals surface area contributed by atoms with Crippen LogP contribution < -0.4 is 5.73 Å². The molecule has 0 bridgehead atoms. The largest absolute Gasteiger partial charge is 0.382 e. The molecule has 1 heterocycles. The third-order valence-corrected chi connectivity index (χ3v) is 3.55. The highest BCUT2D eigenvalue weighted by Gasteiger charge is 2.15. The van der Waals surface area contributed by atoms with E-state index in [1.165, 1.54) is 11.1 Å². The fraction of sp³-hybridized carbons (Fsp3) is 0.118. The lowest BCUT2D eigenvalue weighted by molar-refractivity contribution is 1.10. The van der Waals surface area contributed by atoms with Crippen molar-refractivity contribution in [1.82, 2.24) is 10.2 Å². The average Bonchev–Trinajstić information content (AvgIpc) is 2.82. The number of hydrogen-bond acceptors (Lipinski definition) is 2. The van der Waals surface area contributed by atoms with Crippen LogP contribution in [0.2, 0.25) is 0 Å². The van der Waals surface area contributed by atoms with E-state index in [-0.39, 0.29) is 0 Å². The summed E-state index contributed by atoms with van der Waals surface area (Å²) in [6.07, 6.45) is 0. The molecular formula is C17H17N3. The molecule has 0 atom stereocenters. The van der Waals surface area contributed by atoms with Gasteiger partial charge in [-0.1, -0.05) is 54.1 Å². The molecule has 0 aliphatic heterocycles. The summed E-state index contributed by atoms with van der Waals surface area (Å²) in [6, 6.07) is 16.6. The van der Waals surface area contributed by atoms with Gasteiger partial charge < -0.3 is 5.73 Å². The van der Waals surface area contributed by atoms with Crippen LogP contribution in [0.5, 0.6) is 0 Å². The van der Waals surface area contributed by atoms with E-state index in [0.29, 0.717) is 5.82 Å². The molecule has 3 rings (SSSR count). The van der Waals surface area contributed by atoms with Gasteiger partial charge >= 0.3 is 0 Å². The van der Waals surface area contributed by atoms with Crippen molar-refractivity contribution in [2.45, 2.75) is 13.8 Å². The topological polar surface area (TPSA) is 54.7 Å². The van der Waals surface area contributed by atoms with E-state index in [1.807, 2.05) is 12.1 Å². The number of nitrogens with two attached hydrogens (primary N) is 1. The molecule has 2 aromatic carbocycles. The number of aryl methyl sites for hydroxylation is 2. The molecule has 3 heteroatoms.